The van der Waals surface area contributed by atoms with Crippen LogP contribution in [-0.4, -0.2) is 11.2 Å². The minimum atomic E-state index is -3.36. The number of Topliss-reactive ketones (excluding diaryl/α,β-unsaturated/α-hetero) is 1. The molecule has 0 aliphatic heterocycles. The number of carbonyl (C=O) groups is 1. The molecule has 0 radical (unpaired) electrons. The Morgan fingerprint density at radius 2 is 2.12 bits per heavy atom. The number of rotatable bonds is 2. The van der Waals surface area contributed by atoms with Gasteiger partial charge in [-0.3, -0.25) is 4.79 Å². The Labute approximate surface area is 50.6 Å². The van der Waals surface area contributed by atoms with Crippen LogP contribution in [0.1, 0.15) is 13.3 Å². The highest BCUT2D eigenvalue weighted by atomic mass is 35.5. The average Bonchev–Trinajstić information content (AvgIpc) is 1.21. The average molecular weight is 143 g/mol. The van der Waals surface area contributed by atoms with Gasteiger partial charge in [-0.25, -0.2) is 0 Å². The maximum atomic E-state index is 11.5. The molecule has 1 nitrogen and oxygen atoms in total. The topological polar surface area (TPSA) is 17.1 Å². The van der Waals surface area contributed by atoms with Crippen LogP contribution in [0.4, 0.5) is 8.78 Å². The normalized spacial score (nSPS) is 11.5. The fourth-order valence-electron chi connectivity index (χ4n) is 0.282. The highest BCUT2D eigenvalue weighted by Gasteiger charge is 2.26. The van der Waals surface area contributed by atoms with Crippen LogP contribution in [-0.2, 0) is 4.79 Å². The van der Waals surface area contributed by atoms with E-state index in [0.29, 0.717) is 0 Å². The molecule has 8 heavy (non-hydrogen) atoms. The summed E-state index contributed by atoms with van der Waals surface area (Å²) in [5.41, 5.74) is 0. The van der Waals surface area contributed by atoms with E-state index < -0.39 is 17.6 Å². The van der Waals surface area contributed by atoms with E-state index in [-0.39, 0.29) is 0 Å². The van der Waals surface area contributed by atoms with Gasteiger partial charge >= 0.3 is 5.38 Å². The van der Waals surface area contributed by atoms with Gasteiger partial charge in [0.2, 0.25) is 0 Å². The second-order valence-electron chi connectivity index (χ2n) is 1.49. The van der Waals surface area contributed by atoms with Gasteiger partial charge in [0.25, 0.3) is 0 Å². The first-order valence-electron chi connectivity index (χ1n) is 1.98. The van der Waals surface area contributed by atoms with E-state index in [1.54, 1.807) is 0 Å². The Hall–Kier alpha value is -0.180. The van der Waals surface area contributed by atoms with Crippen molar-refractivity contribution in [2.24, 2.45) is 0 Å². The van der Waals surface area contributed by atoms with Crippen molar-refractivity contribution in [3.8, 4) is 0 Å². The molecule has 0 N–H and O–H groups in total. The number of alkyl halides is 3. The molecule has 0 bridgehead atoms. The van der Waals surface area contributed by atoms with Gasteiger partial charge in [-0.1, -0.05) is 0 Å². The van der Waals surface area contributed by atoms with Crippen molar-refractivity contribution in [3.05, 3.63) is 0 Å². The van der Waals surface area contributed by atoms with E-state index in [4.69, 9.17) is 0 Å². The molecular weight excluding hydrogens is 137 g/mol. The molecule has 0 amide bonds. The van der Waals surface area contributed by atoms with Crippen LogP contribution in [0, 0.1) is 0 Å². The van der Waals surface area contributed by atoms with Crippen LogP contribution < -0.4 is 0 Å². The SMILES string of the molecule is CC(=O)CC(F)(F)Cl. The predicted molar refractivity (Wildman–Crippen MR) is 26.1 cm³/mol. The lowest BCUT2D eigenvalue weighted by Gasteiger charge is -2.01. The maximum Gasteiger partial charge on any atom is 0.328 e. The van der Waals surface area contributed by atoms with Crippen LogP contribution in [0.3, 0.4) is 0 Å². The molecule has 48 valence electrons. The summed E-state index contributed by atoms with van der Waals surface area (Å²) in [5.74, 6) is -0.606. The molecular formula is C4H5ClF2O. The molecule has 0 spiro atoms. The Kier molecular flexibility index (Phi) is 2.34. The van der Waals surface area contributed by atoms with Crippen molar-refractivity contribution < 1.29 is 13.6 Å². The minimum Gasteiger partial charge on any atom is -0.300 e. The summed E-state index contributed by atoms with van der Waals surface area (Å²) >= 11 is 4.37. The zero-order chi connectivity index (χ0) is 6.78. The number of halogens is 3. The van der Waals surface area contributed by atoms with E-state index in [1.807, 2.05) is 0 Å². The fraction of sp³-hybridized carbons (Fsp3) is 0.750. The molecule has 0 aromatic rings. The number of ketones is 1. The third-order valence-electron chi connectivity index (χ3n) is 0.449. The Balaban J connectivity index is 3.55. The van der Waals surface area contributed by atoms with Crippen molar-refractivity contribution in [1.29, 1.82) is 0 Å². The molecule has 0 saturated heterocycles. The molecule has 0 heterocycles. The Morgan fingerprint density at radius 3 is 2.12 bits per heavy atom. The van der Waals surface area contributed by atoms with Crippen molar-refractivity contribution in [2.45, 2.75) is 18.7 Å². The van der Waals surface area contributed by atoms with Gasteiger partial charge in [0.15, 0.2) is 0 Å². The molecule has 0 aliphatic carbocycles. The van der Waals surface area contributed by atoms with Gasteiger partial charge in [-0.05, 0) is 18.5 Å². The van der Waals surface area contributed by atoms with Gasteiger partial charge in [0.05, 0.1) is 6.42 Å². The summed E-state index contributed by atoms with van der Waals surface area (Å²) in [6.07, 6.45) is -0.880. The lowest BCUT2D eigenvalue weighted by molar-refractivity contribution is -0.120. The van der Waals surface area contributed by atoms with Crippen LogP contribution in [0.5, 0.6) is 0 Å². The van der Waals surface area contributed by atoms with Crippen molar-refractivity contribution in [1.82, 2.24) is 0 Å². The first-order valence-corrected chi connectivity index (χ1v) is 2.36. The van der Waals surface area contributed by atoms with E-state index in [0.717, 1.165) is 6.92 Å². The van der Waals surface area contributed by atoms with Crippen LogP contribution in [0.2, 0.25) is 0 Å². The minimum absolute atomic E-state index is 0.606. The smallest absolute Gasteiger partial charge is 0.300 e. The molecule has 0 aliphatic rings. The molecule has 0 rings (SSSR count). The maximum absolute atomic E-state index is 11.5. The van der Waals surface area contributed by atoms with E-state index in [1.165, 1.54) is 0 Å². The van der Waals surface area contributed by atoms with Crippen LogP contribution >= 0.6 is 11.6 Å². The molecule has 0 aromatic heterocycles. The van der Waals surface area contributed by atoms with Gasteiger partial charge in [-0.15, -0.1) is 0 Å². The molecule has 4 heteroatoms. The second kappa shape index (κ2) is 2.40. The van der Waals surface area contributed by atoms with Crippen LogP contribution in [0.25, 0.3) is 0 Å². The number of hydrogen-bond donors (Lipinski definition) is 0. The summed E-state index contributed by atoms with van der Waals surface area (Å²) < 4.78 is 23.0. The summed E-state index contributed by atoms with van der Waals surface area (Å²) in [4.78, 5) is 9.89. The largest absolute Gasteiger partial charge is 0.328 e. The van der Waals surface area contributed by atoms with E-state index in [2.05, 4.69) is 11.6 Å². The van der Waals surface area contributed by atoms with Gasteiger partial charge in [-0.2, -0.15) is 8.78 Å². The Morgan fingerprint density at radius 1 is 1.75 bits per heavy atom. The van der Waals surface area contributed by atoms with Gasteiger partial charge < -0.3 is 0 Å². The highest BCUT2D eigenvalue weighted by molar-refractivity contribution is 6.22. The standard InChI is InChI=1S/C4H5ClF2O/c1-3(8)2-4(5,6)7/h2H2,1H3. The Bertz CT molecular complexity index is 96.7. The first-order chi connectivity index (χ1) is 3.42. The molecule has 0 unspecified atom stereocenters. The summed E-state index contributed by atoms with van der Waals surface area (Å²) in [6.45, 7) is 1.07. The third-order valence-corrected chi connectivity index (χ3v) is 0.583. The van der Waals surface area contributed by atoms with E-state index >= 15 is 0 Å². The number of hydrogen-bond acceptors (Lipinski definition) is 1. The quantitative estimate of drug-likeness (QED) is 0.538. The molecule has 0 aromatic carbocycles. The van der Waals surface area contributed by atoms with Crippen molar-refractivity contribution in [2.75, 3.05) is 0 Å². The zero-order valence-corrected chi connectivity index (χ0v) is 5.01. The predicted octanol–water partition coefficient (Wildman–Crippen LogP) is 1.80. The third kappa shape index (κ3) is 5.82. The monoisotopic (exact) mass is 142 g/mol. The summed E-state index contributed by atoms with van der Waals surface area (Å²) in [5, 5.41) is -3.36. The van der Waals surface area contributed by atoms with Gasteiger partial charge in [0.1, 0.15) is 5.78 Å². The first kappa shape index (κ1) is 7.82. The van der Waals surface area contributed by atoms with Crippen molar-refractivity contribution in [3.63, 3.8) is 0 Å². The van der Waals surface area contributed by atoms with Crippen LogP contribution in [0.15, 0.2) is 0 Å². The summed E-state index contributed by atoms with van der Waals surface area (Å²) in [7, 11) is 0. The fourth-order valence-corrected chi connectivity index (χ4v) is 0.470. The van der Waals surface area contributed by atoms with Gasteiger partial charge in [0, 0.05) is 0 Å². The molecule has 0 fully saturated rings. The molecule has 0 atom stereocenters. The lowest BCUT2D eigenvalue weighted by Crippen LogP contribution is -2.10. The molecule has 0 saturated carbocycles. The van der Waals surface area contributed by atoms with E-state index in [9.17, 15) is 13.6 Å². The highest BCUT2D eigenvalue weighted by Crippen LogP contribution is 2.22. The lowest BCUT2D eigenvalue weighted by atomic mass is 10.3. The zero-order valence-electron chi connectivity index (χ0n) is 4.25. The second-order valence-corrected chi connectivity index (χ2v) is 2.05. The number of carbonyl (C=O) groups excluding carboxylic acids is 1. The van der Waals surface area contributed by atoms with Crippen molar-refractivity contribution >= 4 is 17.4 Å². The summed E-state index contributed by atoms with van der Waals surface area (Å²) in [6, 6.07) is 0.